The van der Waals surface area contributed by atoms with E-state index in [1.54, 1.807) is 0 Å². The van der Waals surface area contributed by atoms with E-state index in [9.17, 15) is 0 Å². The normalized spacial score (nSPS) is 12.3. The highest BCUT2D eigenvalue weighted by molar-refractivity contribution is 7.80. The van der Waals surface area contributed by atoms with E-state index < -0.39 is 0 Å². The van der Waals surface area contributed by atoms with Crippen LogP contribution in [0.4, 0.5) is 0 Å². The zero-order chi connectivity index (χ0) is 11.2. The third kappa shape index (κ3) is 1.76. The molecule has 2 nitrogen and oxygen atoms in total. The maximum Gasteiger partial charge on any atom is 0.115 e. The van der Waals surface area contributed by atoms with Gasteiger partial charge in [0.25, 0.3) is 0 Å². The molecule has 0 unspecified atom stereocenters. The zero-order valence-electron chi connectivity index (χ0n) is 9.57. The molecule has 15 heavy (non-hydrogen) atoms. The highest BCUT2D eigenvalue weighted by Gasteiger charge is 2.20. The molecular formula is C12H16N2S. The molecule has 1 aromatic carbocycles. The van der Waals surface area contributed by atoms with Crippen molar-refractivity contribution in [3.63, 3.8) is 0 Å². The van der Waals surface area contributed by atoms with Gasteiger partial charge >= 0.3 is 0 Å². The van der Waals surface area contributed by atoms with Crippen molar-refractivity contribution in [3.8, 4) is 0 Å². The van der Waals surface area contributed by atoms with Crippen molar-refractivity contribution >= 4 is 23.7 Å². The summed E-state index contributed by atoms with van der Waals surface area (Å²) in [5.41, 5.74) is 2.26. The first-order valence-electron chi connectivity index (χ1n) is 5.05. The van der Waals surface area contributed by atoms with Crippen LogP contribution in [0.25, 0.3) is 11.0 Å². The fourth-order valence-corrected chi connectivity index (χ4v) is 2.05. The van der Waals surface area contributed by atoms with Crippen molar-refractivity contribution < 1.29 is 0 Å². The summed E-state index contributed by atoms with van der Waals surface area (Å²) in [6, 6.07) is 6.05. The molecule has 0 aliphatic heterocycles. The number of rotatable bonds is 0. The van der Waals surface area contributed by atoms with Crippen molar-refractivity contribution in [2.24, 2.45) is 7.05 Å². The molecule has 80 valence electrons. The monoisotopic (exact) mass is 220 g/mol. The van der Waals surface area contributed by atoms with Gasteiger partial charge in [0.2, 0.25) is 0 Å². The van der Waals surface area contributed by atoms with Crippen molar-refractivity contribution in [2.75, 3.05) is 0 Å². The van der Waals surface area contributed by atoms with Gasteiger partial charge in [-0.15, -0.1) is 12.6 Å². The van der Waals surface area contributed by atoms with Crippen molar-refractivity contribution in [1.82, 2.24) is 9.55 Å². The summed E-state index contributed by atoms with van der Waals surface area (Å²) >= 11 is 4.35. The fraction of sp³-hybridized carbons (Fsp3) is 0.417. The van der Waals surface area contributed by atoms with Gasteiger partial charge in [-0.05, 0) is 18.2 Å². The molecule has 0 aliphatic rings. The highest BCUT2D eigenvalue weighted by Crippen LogP contribution is 2.26. The first-order valence-corrected chi connectivity index (χ1v) is 5.50. The van der Waals surface area contributed by atoms with E-state index in [4.69, 9.17) is 0 Å². The summed E-state index contributed by atoms with van der Waals surface area (Å²) in [4.78, 5) is 5.63. The Kier molecular flexibility index (Phi) is 2.30. The second-order valence-electron chi connectivity index (χ2n) is 4.92. The number of nitrogens with zero attached hydrogens (tertiary/aromatic N) is 2. The Bertz CT molecular complexity index is 506. The third-order valence-corrected chi connectivity index (χ3v) is 2.81. The average molecular weight is 220 g/mol. The Balaban J connectivity index is 2.76. The minimum atomic E-state index is 0.0739. The third-order valence-electron chi connectivity index (χ3n) is 2.54. The summed E-state index contributed by atoms with van der Waals surface area (Å²) in [5.74, 6) is 1.11. The average Bonchev–Trinajstić information content (AvgIpc) is 2.43. The molecule has 0 aliphatic carbocycles. The predicted octanol–water partition coefficient (Wildman–Crippen LogP) is 3.16. The van der Waals surface area contributed by atoms with Crippen LogP contribution in [-0.4, -0.2) is 9.55 Å². The molecule has 2 rings (SSSR count). The van der Waals surface area contributed by atoms with Crippen LogP contribution in [0.3, 0.4) is 0 Å². The van der Waals surface area contributed by atoms with Gasteiger partial charge in [-0.2, -0.15) is 0 Å². The maximum atomic E-state index is 4.65. The van der Waals surface area contributed by atoms with Crippen LogP contribution >= 0.6 is 12.6 Å². The first kappa shape index (κ1) is 10.6. The van der Waals surface area contributed by atoms with Gasteiger partial charge in [0.05, 0.1) is 11.0 Å². The fourth-order valence-electron chi connectivity index (χ4n) is 1.85. The molecule has 1 aromatic heterocycles. The van der Waals surface area contributed by atoms with Gasteiger partial charge in [-0.3, -0.25) is 0 Å². The number of aromatic nitrogens is 2. The van der Waals surface area contributed by atoms with Crippen LogP contribution in [0.2, 0.25) is 0 Å². The molecule has 0 amide bonds. The smallest absolute Gasteiger partial charge is 0.115 e. The van der Waals surface area contributed by atoms with Crippen molar-refractivity contribution in [3.05, 3.63) is 24.0 Å². The van der Waals surface area contributed by atoms with E-state index in [0.717, 1.165) is 21.8 Å². The summed E-state index contributed by atoms with van der Waals surface area (Å²) in [6.45, 7) is 6.53. The molecule has 0 bridgehead atoms. The second kappa shape index (κ2) is 3.27. The number of hydrogen-bond acceptors (Lipinski definition) is 2. The Morgan fingerprint density at radius 3 is 2.53 bits per heavy atom. The topological polar surface area (TPSA) is 17.8 Å². The van der Waals surface area contributed by atoms with Crippen molar-refractivity contribution in [1.29, 1.82) is 0 Å². The van der Waals surface area contributed by atoms with E-state index in [0.29, 0.717) is 0 Å². The maximum absolute atomic E-state index is 4.65. The minimum absolute atomic E-state index is 0.0739. The number of aryl methyl sites for hydroxylation is 1. The van der Waals surface area contributed by atoms with Gasteiger partial charge in [0.1, 0.15) is 5.82 Å². The molecule has 0 saturated carbocycles. The molecule has 0 N–H and O–H groups in total. The van der Waals surface area contributed by atoms with Gasteiger partial charge < -0.3 is 4.57 Å². The summed E-state index contributed by atoms with van der Waals surface area (Å²) in [7, 11) is 2.06. The molecule has 3 heteroatoms. The summed E-state index contributed by atoms with van der Waals surface area (Å²) < 4.78 is 2.15. The molecule has 0 fully saturated rings. The van der Waals surface area contributed by atoms with Crippen LogP contribution in [0, 0.1) is 0 Å². The summed E-state index contributed by atoms with van der Waals surface area (Å²) in [5, 5.41) is 0. The van der Waals surface area contributed by atoms with Crippen LogP contribution < -0.4 is 0 Å². The lowest BCUT2D eigenvalue weighted by atomic mass is 9.96. The van der Waals surface area contributed by atoms with E-state index in [1.807, 2.05) is 12.1 Å². The quantitative estimate of drug-likeness (QED) is 0.675. The Morgan fingerprint density at radius 1 is 1.27 bits per heavy atom. The van der Waals surface area contributed by atoms with Crippen LogP contribution in [-0.2, 0) is 12.5 Å². The second-order valence-corrected chi connectivity index (χ2v) is 5.43. The largest absolute Gasteiger partial charge is 0.331 e. The molecular weight excluding hydrogens is 204 g/mol. The number of thiol groups is 1. The SMILES string of the molecule is Cn1c(C(C)(C)C)nc2ccc(S)cc21. The highest BCUT2D eigenvalue weighted by atomic mass is 32.1. The van der Waals surface area contributed by atoms with Crippen LogP contribution in [0.1, 0.15) is 26.6 Å². The molecule has 1 heterocycles. The Hall–Kier alpha value is -0.960. The van der Waals surface area contributed by atoms with E-state index in [1.165, 1.54) is 0 Å². The zero-order valence-corrected chi connectivity index (χ0v) is 10.5. The van der Waals surface area contributed by atoms with E-state index in [2.05, 4.69) is 56.1 Å². The van der Waals surface area contributed by atoms with E-state index in [-0.39, 0.29) is 5.41 Å². The molecule has 2 aromatic rings. The molecule has 0 atom stereocenters. The lowest BCUT2D eigenvalue weighted by molar-refractivity contribution is 0.526. The summed E-state index contributed by atoms with van der Waals surface area (Å²) in [6.07, 6.45) is 0. The molecule has 0 spiro atoms. The molecule has 0 saturated heterocycles. The number of fused-ring (bicyclic) bond motifs is 1. The number of benzene rings is 1. The predicted molar refractivity (Wildman–Crippen MR) is 66.7 cm³/mol. The van der Waals surface area contributed by atoms with Gasteiger partial charge in [0.15, 0.2) is 0 Å². The Labute approximate surface area is 95.7 Å². The van der Waals surface area contributed by atoms with Crippen LogP contribution in [0.5, 0.6) is 0 Å². The minimum Gasteiger partial charge on any atom is -0.331 e. The number of hydrogen-bond donors (Lipinski definition) is 1. The lowest BCUT2D eigenvalue weighted by Crippen LogP contribution is -2.17. The van der Waals surface area contributed by atoms with Gasteiger partial charge in [-0.1, -0.05) is 20.8 Å². The van der Waals surface area contributed by atoms with Crippen LogP contribution in [0.15, 0.2) is 23.1 Å². The lowest BCUT2D eigenvalue weighted by Gasteiger charge is -2.17. The molecule has 0 radical (unpaired) electrons. The van der Waals surface area contributed by atoms with Gasteiger partial charge in [-0.25, -0.2) is 4.98 Å². The first-order chi connectivity index (χ1) is 6.89. The number of imidazole rings is 1. The van der Waals surface area contributed by atoms with E-state index >= 15 is 0 Å². The van der Waals surface area contributed by atoms with Crippen molar-refractivity contribution in [2.45, 2.75) is 31.1 Å². The van der Waals surface area contributed by atoms with Gasteiger partial charge in [0, 0.05) is 17.4 Å². The standard InChI is InChI=1S/C12H16N2S/c1-12(2,3)11-13-9-6-5-8(15)7-10(9)14(11)4/h5-7,15H,1-4H3. The Morgan fingerprint density at radius 2 is 1.93 bits per heavy atom.